The zero-order valence-electron chi connectivity index (χ0n) is 11.3. The fraction of sp³-hybridized carbons (Fsp3) is 0.0625. The van der Waals surface area contributed by atoms with Crippen molar-refractivity contribution in [1.82, 2.24) is 10.2 Å². The molecule has 21 heavy (non-hydrogen) atoms. The van der Waals surface area contributed by atoms with Crippen LogP contribution in [0.15, 0.2) is 36.4 Å². The number of fused-ring (bicyclic) bond motifs is 1. The zero-order chi connectivity index (χ0) is 14.8. The Morgan fingerprint density at radius 3 is 2.67 bits per heavy atom. The number of hydrogen-bond donors (Lipinski definition) is 2. The lowest BCUT2D eigenvalue weighted by atomic mass is 9.97. The SMILES string of the molecule is CNc1n[nH]c2ccc(-c3cc(C#N)ccc3C#N)cc12. The standard InChI is InChI=1S/C16H11N5/c1-19-16-14-7-11(4-5-15(14)20-21-16)13-6-10(8-17)2-3-12(13)9-18/h2-7H,1H3,(H2,19,20,21). The van der Waals surface area contributed by atoms with Gasteiger partial charge in [-0.25, -0.2) is 0 Å². The lowest BCUT2D eigenvalue weighted by Crippen LogP contribution is -1.89. The first-order valence-corrected chi connectivity index (χ1v) is 6.37. The maximum atomic E-state index is 9.25. The molecule has 0 aliphatic heterocycles. The van der Waals surface area contributed by atoms with Crippen LogP contribution in [0.1, 0.15) is 11.1 Å². The highest BCUT2D eigenvalue weighted by Gasteiger charge is 2.10. The molecule has 0 saturated heterocycles. The molecule has 0 unspecified atom stereocenters. The van der Waals surface area contributed by atoms with Crippen LogP contribution in [0, 0.1) is 22.7 Å². The van der Waals surface area contributed by atoms with Crippen molar-refractivity contribution in [2.24, 2.45) is 0 Å². The second kappa shape index (κ2) is 4.99. The molecule has 2 aromatic carbocycles. The maximum absolute atomic E-state index is 9.25. The van der Waals surface area contributed by atoms with Crippen LogP contribution in [0.25, 0.3) is 22.0 Å². The van der Waals surface area contributed by atoms with E-state index in [1.54, 1.807) is 25.2 Å². The van der Waals surface area contributed by atoms with Crippen LogP contribution in [-0.4, -0.2) is 17.2 Å². The van der Waals surface area contributed by atoms with Gasteiger partial charge in [-0.1, -0.05) is 6.07 Å². The lowest BCUT2D eigenvalue weighted by molar-refractivity contribution is 1.11. The molecule has 100 valence electrons. The van der Waals surface area contributed by atoms with Gasteiger partial charge in [0.1, 0.15) is 0 Å². The van der Waals surface area contributed by atoms with Crippen LogP contribution in [0.3, 0.4) is 0 Å². The molecule has 1 aromatic heterocycles. The van der Waals surface area contributed by atoms with Crippen LogP contribution in [0.2, 0.25) is 0 Å². The van der Waals surface area contributed by atoms with Gasteiger partial charge in [-0.2, -0.15) is 15.6 Å². The fourth-order valence-electron chi connectivity index (χ4n) is 2.32. The molecule has 2 N–H and O–H groups in total. The Balaban J connectivity index is 2.25. The third-order valence-corrected chi connectivity index (χ3v) is 3.38. The minimum absolute atomic E-state index is 0.533. The van der Waals surface area contributed by atoms with Gasteiger partial charge in [0.15, 0.2) is 5.82 Å². The molecule has 0 atom stereocenters. The van der Waals surface area contributed by atoms with Crippen LogP contribution >= 0.6 is 0 Å². The van der Waals surface area contributed by atoms with Crippen molar-refractivity contribution in [2.45, 2.75) is 0 Å². The van der Waals surface area contributed by atoms with E-state index in [0.29, 0.717) is 11.1 Å². The summed E-state index contributed by atoms with van der Waals surface area (Å²) in [5.41, 5.74) is 3.63. The number of nitrogens with zero attached hydrogens (tertiary/aromatic N) is 3. The molecule has 0 saturated carbocycles. The molecule has 5 nitrogen and oxygen atoms in total. The average Bonchev–Trinajstić information content (AvgIpc) is 2.96. The average molecular weight is 273 g/mol. The number of aromatic nitrogens is 2. The van der Waals surface area contributed by atoms with E-state index in [2.05, 4.69) is 27.7 Å². The largest absolute Gasteiger partial charge is 0.371 e. The molecule has 5 heteroatoms. The van der Waals surface area contributed by atoms with Crippen LogP contribution in [0.5, 0.6) is 0 Å². The van der Waals surface area contributed by atoms with E-state index in [1.165, 1.54) is 0 Å². The Hall–Kier alpha value is -3.31. The first-order chi connectivity index (χ1) is 10.3. The second-order valence-corrected chi connectivity index (χ2v) is 4.57. The minimum atomic E-state index is 0.533. The molecule has 1 heterocycles. The highest BCUT2D eigenvalue weighted by molar-refractivity contribution is 5.93. The van der Waals surface area contributed by atoms with Crippen LogP contribution < -0.4 is 5.32 Å². The second-order valence-electron chi connectivity index (χ2n) is 4.57. The quantitative estimate of drug-likeness (QED) is 0.751. The number of aromatic amines is 1. The van der Waals surface area contributed by atoms with E-state index in [0.717, 1.165) is 27.8 Å². The van der Waals surface area contributed by atoms with Crippen molar-refractivity contribution in [3.05, 3.63) is 47.5 Å². The van der Waals surface area contributed by atoms with Gasteiger partial charge in [0.2, 0.25) is 0 Å². The summed E-state index contributed by atoms with van der Waals surface area (Å²) in [6, 6.07) is 15.1. The van der Waals surface area contributed by atoms with Gasteiger partial charge in [-0.15, -0.1) is 0 Å². The normalized spacial score (nSPS) is 10.0. The van der Waals surface area contributed by atoms with Crippen LogP contribution in [-0.2, 0) is 0 Å². The molecule has 0 bridgehead atoms. The van der Waals surface area contributed by atoms with Gasteiger partial charge in [-0.3, -0.25) is 5.10 Å². The Labute approximate surface area is 121 Å². The highest BCUT2D eigenvalue weighted by atomic mass is 15.2. The Morgan fingerprint density at radius 1 is 1.10 bits per heavy atom. The minimum Gasteiger partial charge on any atom is -0.371 e. The molecule has 3 rings (SSSR count). The van der Waals surface area contributed by atoms with E-state index in [-0.39, 0.29) is 0 Å². The van der Waals surface area contributed by atoms with Gasteiger partial charge in [-0.05, 0) is 35.9 Å². The third-order valence-electron chi connectivity index (χ3n) is 3.38. The van der Waals surface area contributed by atoms with Crippen molar-refractivity contribution in [3.63, 3.8) is 0 Å². The van der Waals surface area contributed by atoms with Gasteiger partial charge in [0.05, 0.1) is 28.8 Å². The van der Waals surface area contributed by atoms with Gasteiger partial charge in [0, 0.05) is 18.0 Å². The van der Waals surface area contributed by atoms with E-state index in [4.69, 9.17) is 5.26 Å². The van der Waals surface area contributed by atoms with Crippen molar-refractivity contribution in [2.75, 3.05) is 12.4 Å². The number of hydrogen-bond acceptors (Lipinski definition) is 4. The van der Waals surface area contributed by atoms with Crippen molar-refractivity contribution in [3.8, 4) is 23.3 Å². The predicted octanol–water partition coefficient (Wildman–Crippen LogP) is 3.01. The number of nitrogens with one attached hydrogen (secondary N) is 2. The summed E-state index contributed by atoms with van der Waals surface area (Å²) in [4.78, 5) is 0. The number of rotatable bonds is 2. The summed E-state index contributed by atoms with van der Waals surface area (Å²) in [6.07, 6.45) is 0. The molecule has 3 aromatic rings. The zero-order valence-corrected chi connectivity index (χ0v) is 11.3. The predicted molar refractivity (Wildman–Crippen MR) is 80.5 cm³/mol. The van der Waals surface area contributed by atoms with E-state index >= 15 is 0 Å². The monoisotopic (exact) mass is 273 g/mol. The molecular weight excluding hydrogens is 262 g/mol. The first kappa shape index (κ1) is 12.7. The first-order valence-electron chi connectivity index (χ1n) is 6.37. The Morgan fingerprint density at radius 2 is 1.95 bits per heavy atom. The number of benzene rings is 2. The van der Waals surface area contributed by atoms with E-state index in [1.807, 2.05) is 18.2 Å². The number of H-pyrrole nitrogens is 1. The summed E-state index contributed by atoms with van der Waals surface area (Å²) in [7, 11) is 1.80. The smallest absolute Gasteiger partial charge is 0.155 e. The summed E-state index contributed by atoms with van der Waals surface area (Å²) >= 11 is 0. The maximum Gasteiger partial charge on any atom is 0.155 e. The molecule has 0 fully saturated rings. The van der Waals surface area contributed by atoms with Gasteiger partial charge < -0.3 is 5.32 Å². The van der Waals surface area contributed by atoms with Gasteiger partial charge >= 0.3 is 0 Å². The molecular formula is C16H11N5. The van der Waals surface area contributed by atoms with Crippen LogP contribution in [0.4, 0.5) is 5.82 Å². The molecule has 0 radical (unpaired) electrons. The molecule has 0 aliphatic carbocycles. The number of nitriles is 2. The summed E-state index contributed by atoms with van der Waals surface area (Å²) in [6.45, 7) is 0. The van der Waals surface area contributed by atoms with Crippen molar-refractivity contribution < 1.29 is 0 Å². The van der Waals surface area contributed by atoms with E-state index in [9.17, 15) is 5.26 Å². The summed E-state index contributed by atoms with van der Waals surface area (Å²) in [5, 5.41) is 29.4. The molecule has 0 spiro atoms. The van der Waals surface area contributed by atoms with E-state index < -0.39 is 0 Å². The fourth-order valence-corrected chi connectivity index (χ4v) is 2.32. The third kappa shape index (κ3) is 2.07. The van der Waals surface area contributed by atoms with Crippen molar-refractivity contribution >= 4 is 16.7 Å². The topological polar surface area (TPSA) is 88.3 Å². The molecule has 0 aliphatic rings. The summed E-state index contributed by atoms with van der Waals surface area (Å²) in [5.74, 6) is 0.752. The lowest BCUT2D eigenvalue weighted by Gasteiger charge is -2.05. The highest BCUT2D eigenvalue weighted by Crippen LogP contribution is 2.29. The Kier molecular flexibility index (Phi) is 3.02. The summed E-state index contributed by atoms with van der Waals surface area (Å²) < 4.78 is 0. The molecule has 0 amide bonds. The Bertz CT molecular complexity index is 909. The van der Waals surface area contributed by atoms with Crippen molar-refractivity contribution in [1.29, 1.82) is 10.5 Å². The number of anilines is 1. The van der Waals surface area contributed by atoms with Gasteiger partial charge in [0.25, 0.3) is 0 Å².